The lowest BCUT2D eigenvalue weighted by Gasteiger charge is -2.16. The van der Waals surface area contributed by atoms with Crippen molar-refractivity contribution in [3.05, 3.63) is 0 Å². The third kappa shape index (κ3) is 2.48. The molecule has 0 aromatic rings. The van der Waals surface area contributed by atoms with Crippen LogP contribution in [0, 0.1) is 0 Å². The van der Waals surface area contributed by atoms with Gasteiger partial charge < -0.3 is 9.76 Å². The predicted molar refractivity (Wildman–Crippen MR) is 48.0 cm³/mol. The molecule has 0 spiro atoms. The maximum atomic E-state index is 10.9. The van der Waals surface area contributed by atoms with Crippen LogP contribution in [0.3, 0.4) is 0 Å². The molecule has 1 N–H and O–H groups in total. The molecule has 0 fully saturated rings. The first-order valence-electron chi connectivity index (χ1n) is 3.43. The molecule has 0 bridgehead atoms. The van der Waals surface area contributed by atoms with E-state index in [0.29, 0.717) is 11.5 Å². The van der Waals surface area contributed by atoms with Crippen LogP contribution in [-0.4, -0.2) is 48.4 Å². The van der Waals surface area contributed by atoms with Gasteiger partial charge in [-0.15, -0.1) is 0 Å². The number of carboxylic acids is 1. The van der Waals surface area contributed by atoms with Crippen LogP contribution in [0.15, 0.2) is 4.99 Å². The smallest absolute Gasteiger partial charge is 0.378 e. The molecule has 1 aliphatic heterocycles. The molecule has 2 radical (unpaired) electrons. The van der Waals surface area contributed by atoms with Gasteiger partial charge >= 0.3 is 20.0 Å². The van der Waals surface area contributed by atoms with Crippen LogP contribution in [0.4, 0.5) is 0 Å². The summed E-state index contributed by atoms with van der Waals surface area (Å²) in [6.07, 6.45) is 0. The summed E-state index contributed by atoms with van der Waals surface area (Å²) in [6, 6.07) is -0.783. The van der Waals surface area contributed by atoms with Crippen molar-refractivity contribution in [3.8, 4) is 0 Å². The van der Waals surface area contributed by atoms with Crippen molar-refractivity contribution in [3.63, 3.8) is 0 Å². The molecule has 0 saturated carbocycles. The third-order valence-electron chi connectivity index (χ3n) is 1.46. The molecular formula is C6H6BNO4S. The molecule has 1 atom stereocenters. The van der Waals surface area contributed by atoms with E-state index in [2.05, 4.69) is 17.7 Å². The third-order valence-corrected chi connectivity index (χ3v) is 2.49. The first-order chi connectivity index (χ1) is 6.15. The zero-order valence-electron chi connectivity index (χ0n) is 6.60. The second-order valence-corrected chi connectivity index (χ2v) is 3.38. The van der Waals surface area contributed by atoms with Gasteiger partial charge in [-0.25, -0.2) is 4.79 Å². The monoisotopic (exact) mass is 199 g/mol. The van der Waals surface area contributed by atoms with Crippen molar-refractivity contribution >= 4 is 37.5 Å². The van der Waals surface area contributed by atoms with Gasteiger partial charge in [-0.2, -0.15) is 11.8 Å². The van der Waals surface area contributed by atoms with E-state index >= 15 is 0 Å². The van der Waals surface area contributed by atoms with Gasteiger partial charge in [0.2, 0.25) is 0 Å². The fourth-order valence-electron chi connectivity index (χ4n) is 0.846. The van der Waals surface area contributed by atoms with Crippen molar-refractivity contribution in [2.75, 3.05) is 11.5 Å². The highest BCUT2D eigenvalue weighted by Crippen LogP contribution is 2.14. The number of hydrogen-bond donors (Lipinski definition) is 1. The van der Waals surface area contributed by atoms with E-state index in [-0.39, 0.29) is 5.71 Å². The number of thioether (sulfide) groups is 1. The minimum absolute atomic E-state index is 0.0216. The highest BCUT2D eigenvalue weighted by molar-refractivity contribution is 8.00. The number of carboxylic acid groups (broad SMARTS) is 1. The molecule has 13 heavy (non-hydrogen) atoms. The van der Waals surface area contributed by atoms with Crippen LogP contribution in [0.1, 0.15) is 0 Å². The molecule has 7 heteroatoms. The van der Waals surface area contributed by atoms with Crippen LogP contribution in [0.25, 0.3) is 0 Å². The Labute approximate surface area is 80.0 Å². The normalized spacial score (nSPS) is 21.8. The highest BCUT2D eigenvalue weighted by Gasteiger charge is 2.25. The van der Waals surface area contributed by atoms with Gasteiger partial charge in [-0.1, -0.05) is 0 Å². The molecule has 1 rings (SSSR count). The van der Waals surface area contributed by atoms with Gasteiger partial charge in [0, 0.05) is 11.5 Å². The maximum Gasteiger partial charge on any atom is 0.378 e. The standard InChI is InChI=1S/C6H6BNO4S/c7-12-6(11)4-2-13-1-3(8-4)5(9)10/h4H,1-2H2,(H,9,10)/t4-/m0/s1. The number of hydrogen-bond acceptors (Lipinski definition) is 5. The minimum atomic E-state index is -1.11. The molecule has 0 aromatic heterocycles. The second-order valence-electron chi connectivity index (χ2n) is 2.35. The van der Waals surface area contributed by atoms with E-state index in [0.717, 1.165) is 0 Å². The number of carbonyl (C=O) groups is 2. The molecule has 1 heterocycles. The first kappa shape index (κ1) is 10.1. The van der Waals surface area contributed by atoms with Crippen LogP contribution in [0.5, 0.6) is 0 Å². The molecule has 68 valence electrons. The number of aliphatic carboxylic acids is 1. The molecule has 1 aliphatic rings. The lowest BCUT2D eigenvalue weighted by Crippen LogP contribution is -2.32. The average molecular weight is 199 g/mol. The topological polar surface area (TPSA) is 76.0 Å². The Bertz CT molecular complexity index is 267. The zero-order chi connectivity index (χ0) is 9.84. The van der Waals surface area contributed by atoms with E-state index < -0.39 is 18.0 Å². The fourth-order valence-corrected chi connectivity index (χ4v) is 1.79. The predicted octanol–water partition coefficient (Wildman–Crippen LogP) is -0.746. The van der Waals surface area contributed by atoms with Gasteiger partial charge in [0.25, 0.3) is 0 Å². The van der Waals surface area contributed by atoms with Gasteiger partial charge in [0.05, 0.1) is 0 Å². The summed E-state index contributed by atoms with van der Waals surface area (Å²) in [5.74, 6) is -1.09. The SMILES string of the molecule is [B]OC(=O)[C@@H]1CSCC(C(=O)O)=N1. The zero-order valence-corrected chi connectivity index (χ0v) is 7.41. The van der Waals surface area contributed by atoms with E-state index in [4.69, 9.17) is 5.11 Å². The number of aliphatic imine (C=N–C) groups is 1. The summed E-state index contributed by atoms with van der Waals surface area (Å²) in [4.78, 5) is 25.1. The van der Waals surface area contributed by atoms with Crippen LogP contribution in [0.2, 0.25) is 0 Å². The summed E-state index contributed by atoms with van der Waals surface area (Å²) >= 11 is 1.32. The first-order valence-corrected chi connectivity index (χ1v) is 4.59. The largest absolute Gasteiger partial charge is 0.542 e. The van der Waals surface area contributed by atoms with Gasteiger partial charge in [0.15, 0.2) is 6.04 Å². The molecule has 5 nitrogen and oxygen atoms in total. The quantitative estimate of drug-likeness (QED) is 0.592. The Kier molecular flexibility index (Phi) is 3.35. The van der Waals surface area contributed by atoms with Crippen molar-refractivity contribution in [2.24, 2.45) is 4.99 Å². The molecular weight excluding hydrogens is 193 g/mol. The Balaban J connectivity index is 2.73. The van der Waals surface area contributed by atoms with Crippen LogP contribution >= 0.6 is 11.8 Å². The van der Waals surface area contributed by atoms with Crippen molar-refractivity contribution < 1.29 is 19.3 Å². The number of rotatable bonds is 2. The summed E-state index contributed by atoms with van der Waals surface area (Å²) in [7, 11) is 4.65. The molecule has 0 unspecified atom stereocenters. The Hall–Kier alpha value is -0.975. The van der Waals surface area contributed by atoms with Gasteiger partial charge in [0.1, 0.15) is 5.71 Å². The van der Waals surface area contributed by atoms with Crippen molar-refractivity contribution in [2.45, 2.75) is 6.04 Å². The lowest BCUT2D eigenvalue weighted by molar-refractivity contribution is -0.134. The molecule has 0 saturated heterocycles. The number of carbonyl (C=O) groups excluding carboxylic acids is 1. The molecule has 0 amide bonds. The summed E-state index contributed by atoms with van der Waals surface area (Å²) in [6.45, 7) is 0. The second kappa shape index (κ2) is 4.31. The summed E-state index contributed by atoms with van der Waals surface area (Å²) in [5.41, 5.74) is -0.0216. The van der Waals surface area contributed by atoms with E-state index in [1.807, 2.05) is 0 Å². The summed E-state index contributed by atoms with van der Waals surface area (Å²) in [5, 5.41) is 8.58. The minimum Gasteiger partial charge on any atom is -0.542 e. The Morgan fingerprint density at radius 2 is 2.38 bits per heavy atom. The van der Waals surface area contributed by atoms with Gasteiger partial charge in [-0.05, 0) is 0 Å². The molecule has 0 aromatic carbocycles. The summed E-state index contributed by atoms with van der Waals surface area (Å²) < 4.78 is 3.97. The Morgan fingerprint density at radius 1 is 1.69 bits per heavy atom. The Morgan fingerprint density at radius 3 is 2.92 bits per heavy atom. The van der Waals surface area contributed by atoms with E-state index in [1.165, 1.54) is 11.8 Å². The van der Waals surface area contributed by atoms with E-state index in [9.17, 15) is 9.59 Å². The highest BCUT2D eigenvalue weighted by atomic mass is 32.2. The number of nitrogens with zero attached hydrogens (tertiary/aromatic N) is 1. The van der Waals surface area contributed by atoms with Crippen LogP contribution in [-0.2, 0) is 14.2 Å². The molecule has 0 aliphatic carbocycles. The maximum absolute atomic E-state index is 10.9. The fraction of sp³-hybridized carbons (Fsp3) is 0.500. The average Bonchev–Trinajstić information content (AvgIpc) is 2.17. The van der Waals surface area contributed by atoms with E-state index in [1.54, 1.807) is 0 Å². The van der Waals surface area contributed by atoms with Crippen molar-refractivity contribution in [1.29, 1.82) is 0 Å². The van der Waals surface area contributed by atoms with Crippen LogP contribution < -0.4 is 0 Å². The lowest BCUT2D eigenvalue weighted by atomic mass is 10.3. The van der Waals surface area contributed by atoms with Crippen molar-refractivity contribution in [1.82, 2.24) is 0 Å². The van der Waals surface area contributed by atoms with Gasteiger partial charge in [-0.3, -0.25) is 9.79 Å².